The van der Waals surface area contributed by atoms with E-state index in [-0.39, 0.29) is 0 Å². The van der Waals surface area contributed by atoms with Crippen LogP contribution >= 0.6 is 15.9 Å². The van der Waals surface area contributed by atoms with Gasteiger partial charge < -0.3 is 5.73 Å². The lowest BCUT2D eigenvalue weighted by molar-refractivity contribution is 0.282. The molecule has 1 saturated heterocycles. The summed E-state index contributed by atoms with van der Waals surface area (Å²) in [6.07, 6.45) is 1.98. The standard InChI is InChI=1S/C12H18BrN3O2S/c1-9-3-2-6-16(8-9)19(17,18)15-12-7-10(14)4-5-11(12)13/h4-5,7,9,15H,2-3,6,8,14H2,1H3. The van der Waals surface area contributed by atoms with Gasteiger partial charge in [-0.2, -0.15) is 12.7 Å². The van der Waals surface area contributed by atoms with Gasteiger partial charge in [0.2, 0.25) is 0 Å². The molecule has 1 aromatic rings. The number of nitrogens with zero attached hydrogens (tertiary/aromatic N) is 1. The van der Waals surface area contributed by atoms with Crippen molar-refractivity contribution in [3.05, 3.63) is 22.7 Å². The summed E-state index contributed by atoms with van der Waals surface area (Å²) in [5, 5.41) is 0. The summed E-state index contributed by atoms with van der Waals surface area (Å²) in [5.74, 6) is 0.398. The van der Waals surface area contributed by atoms with Crippen LogP contribution in [-0.4, -0.2) is 25.8 Å². The van der Waals surface area contributed by atoms with Crippen molar-refractivity contribution in [1.82, 2.24) is 4.31 Å². The summed E-state index contributed by atoms with van der Waals surface area (Å²) in [6, 6.07) is 5.05. The lowest BCUT2D eigenvalue weighted by atomic mass is 10.0. The predicted octanol–water partition coefficient (Wildman–Crippen LogP) is 2.42. The number of nitrogens with one attached hydrogen (secondary N) is 1. The van der Waals surface area contributed by atoms with E-state index >= 15 is 0 Å². The molecule has 2 rings (SSSR count). The molecule has 1 atom stereocenters. The molecule has 1 heterocycles. The van der Waals surface area contributed by atoms with Crippen molar-refractivity contribution in [3.63, 3.8) is 0 Å². The molecule has 1 aromatic carbocycles. The average molecular weight is 348 g/mol. The van der Waals surface area contributed by atoms with Crippen LogP contribution < -0.4 is 10.5 Å². The first kappa shape index (κ1) is 14.6. The molecule has 0 radical (unpaired) electrons. The number of hydrogen-bond acceptors (Lipinski definition) is 3. The molecule has 1 aliphatic rings. The Bertz CT molecular complexity index is 562. The van der Waals surface area contributed by atoms with Gasteiger partial charge >= 0.3 is 10.2 Å². The highest BCUT2D eigenvalue weighted by molar-refractivity contribution is 9.10. The van der Waals surface area contributed by atoms with Gasteiger partial charge in [0.25, 0.3) is 0 Å². The van der Waals surface area contributed by atoms with Gasteiger partial charge in [0, 0.05) is 23.2 Å². The Hall–Kier alpha value is -0.790. The third kappa shape index (κ3) is 3.61. The molecule has 0 bridgehead atoms. The Morgan fingerprint density at radius 3 is 2.89 bits per heavy atom. The molecule has 0 aromatic heterocycles. The largest absolute Gasteiger partial charge is 0.399 e. The van der Waals surface area contributed by atoms with Crippen molar-refractivity contribution in [2.75, 3.05) is 23.5 Å². The van der Waals surface area contributed by atoms with Crippen LogP contribution in [0.2, 0.25) is 0 Å². The van der Waals surface area contributed by atoms with Crippen molar-refractivity contribution < 1.29 is 8.42 Å². The minimum atomic E-state index is -3.51. The van der Waals surface area contributed by atoms with E-state index in [0.29, 0.717) is 34.9 Å². The van der Waals surface area contributed by atoms with E-state index in [1.54, 1.807) is 18.2 Å². The van der Waals surface area contributed by atoms with E-state index in [9.17, 15) is 8.42 Å². The van der Waals surface area contributed by atoms with Crippen LogP contribution in [0.4, 0.5) is 11.4 Å². The number of rotatable bonds is 3. The SMILES string of the molecule is CC1CCCN(S(=O)(=O)Nc2cc(N)ccc2Br)C1. The minimum Gasteiger partial charge on any atom is -0.399 e. The number of nitrogen functional groups attached to an aromatic ring is 1. The van der Waals surface area contributed by atoms with Gasteiger partial charge in [-0.25, -0.2) is 0 Å². The van der Waals surface area contributed by atoms with Crippen LogP contribution in [0.25, 0.3) is 0 Å². The van der Waals surface area contributed by atoms with Gasteiger partial charge in [-0.05, 0) is 52.9 Å². The lowest BCUT2D eigenvalue weighted by Gasteiger charge is -2.30. The predicted molar refractivity (Wildman–Crippen MR) is 81.1 cm³/mol. The molecule has 0 saturated carbocycles. The fourth-order valence-corrected chi connectivity index (χ4v) is 4.06. The molecule has 1 fully saturated rings. The average Bonchev–Trinajstić information content (AvgIpc) is 2.33. The van der Waals surface area contributed by atoms with Gasteiger partial charge in [-0.15, -0.1) is 0 Å². The van der Waals surface area contributed by atoms with Crippen LogP contribution in [-0.2, 0) is 10.2 Å². The first-order chi connectivity index (χ1) is 8.88. The highest BCUT2D eigenvalue weighted by Crippen LogP contribution is 2.27. The van der Waals surface area contributed by atoms with Crippen molar-refractivity contribution in [1.29, 1.82) is 0 Å². The second kappa shape index (κ2) is 5.68. The highest BCUT2D eigenvalue weighted by Gasteiger charge is 2.27. The van der Waals surface area contributed by atoms with Gasteiger partial charge in [0.15, 0.2) is 0 Å². The van der Waals surface area contributed by atoms with E-state index in [4.69, 9.17) is 5.73 Å². The monoisotopic (exact) mass is 347 g/mol. The van der Waals surface area contributed by atoms with Crippen LogP contribution in [0, 0.1) is 5.92 Å². The number of nitrogens with two attached hydrogens (primary N) is 1. The Morgan fingerprint density at radius 1 is 1.47 bits per heavy atom. The first-order valence-corrected chi connectivity index (χ1v) is 8.45. The summed E-state index contributed by atoms with van der Waals surface area (Å²) in [6.45, 7) is 3.20. The third-order valence-corrected chi connectivity index (χ3v) is 5.37. The number of anilines is 2. The van der Waals surface area contributed by atoms with Crippen LogP contribution in [0.5, 0.6) is 0 Å². The number of piperidine rings is 1. The summed E-state index contributed by atoms with van der Waals surface area (Å²) < 4.78 is 29.4. The fraction of sp³-hybridized carbons (Fsp3) is 0.500. The summed E-state index contributed by atoms with van der Waals surface area (Å²) in [7, 11) is -3.51. The van der Waals surface area contributed by atoms with Gasteiger partial charge in [-0.3, -0.25) is 4.72 Å². The normalized spacial score (nSPS) is 21.3. The molecule has 0 amide bonds. The molecule has 106 valence electrons. The topological polar surface area (TPSA) is 75.4 Å². The Kier molecular flexibility index (Phi) is 4.37. The maximum absolute atomic E-state index is 12.3. The minimum absolute atomic E-state index is 0.398. The second-order valence-corrected chi connectivity index (χ2v) is 7.48. The maximum Gasteiger partial charge on any atom is 0.301 e. The molecule has 0 spiro atoms. The van der Waals surface area contributed by atoms with E-state index in [2.05, 4.69) is 27.6 Å². The van der Waals surface area contributed by atoms with Crippen LogP contribution in [0.1, 0.15) is 19.8 Å². The van der Waals surface area contributed by atoms with Crippen molar-refractivity contribution >= 4 is 37.5 Å². The first-order valence-electron chi connectivity index (χ1n) is 6.21. The molecule has 19 heavy (non-hydrogen) atoms. The fourth-order valence-electron chi connectivity index (χ4n) is 2.19. The van der Waals surface area contributed by atoms with Gasteiger partial charge in [-0.1, -0.05) is 6.92 Å². The Morgan fingerprint density at radius 2 is 2.21 bits per heavy atom. The molecule has 1 aliphatic heterocycles. The number of halogens is 1. The van der Waals surface area contributed by atoms with Crippen molar-refractivity contribution in [3.8, 4) is 0 Å². The third-order valence-electron chi connectivity index (χ3n) is 3.19. The quantitative estimate of drug-likeness (QED) is 0.824. The highest BCUT2D eigenvalue weighted by atomic mass is 79.9. The molecule has 1 unspecified atom stereocenters. The van der Waals surface area contributed by atoms with Crippen LogP contribution in [0.15, 0.2) is 22.7 Å². The van der Waals surface area contributed by atoms with Crippen molar-refractivity contribution in [2.24, 2.45) is 5.92 Å². The number of hydrogen-bond donors (Lipinski definition) is 2. The molecular weight excluding hydrogens is 330 g/mol. The van der Waals surface area contributed by atoms with E-state index < -0.39 is 10.2 Å². The lowest BCUT2D eigenvalue weighted by Crippen LogP contribution is -2.42. The van der Waals surface area contributed by atoms with E-state index in [1.165, 1.54) is 4.31 Å². The van der Waals surface area contributed by atoms with Crippen molar-refractivity contribution in [2.45, 2.75) is 19.8 Å². The Labute approximate surface area is 122 Å². The summed E-state index contributed by atoms with van der Waals surface area (Å²) in [5.41, 5.74) is 6.67. The van der Waals surface area contributed by atoms with Gasteiger partial charge in [0.05, 0.1) is 5.69 Å². The molecular formula is C12H18BrN3O2S. The number of benzene rings is 1. The van der Waals surface area contributed by atoms with Crippen LogP contribution in [0.3, 0.4) is 0 Å². The maximum atomic E-state index is 12.3. The van der Waals surface area contributed by atoms with E-state index in [1.807, 2.05) is 0 Å². The zero-order valence-electron chi connectivity index (χ0n) is 10.8. The zero-order valence-corrected chi connectivity index (χ0v) is 13.2. The zero-order chi connectivity index (χ0) is 14.0. The second-order valence-electron chi connectivity index (χ2n) is 4.95. The molecule has 5 nitrogen and oxygen atoms in total. The smallest absolute Gasteiger partial charge is 0.301 e. The summed E-state index contributed by atoms with van der Waals surface area (Å²) >= 11 is 3.32. The Balaban J connectivity index is 2.18. The molecule has 0 aliphatic carbocycles. The summed E-state index contributed by atoms with van der Waals surface area (Å²) in [4.78, 5) is 0. The molecule has 3 N–H and O–H groups in total. The van der Waals surface area contributed by atoms with E-state index in [0.717, 1.165) is 12.8 Å². The van der Waals surface area contributed by atoms with Gasteiger partial charge in [0.1, 0.15) is 0 Å². The molecule has 7 heteroatoms.